The smallest absolute Gasteiger partial charge is 0.140 e. The number of aliphatic hydroxyl groups excluding tert-OH is 1. The summed E-state index contributed by atoms with van der Waals surface area (Å²) in [6.07, 6.45) is 1.46. The second-order valence-electron chi connectivity index (χ2n) is 3.40. The van der Waals surface area contributed by atoms with Crippen LogP contribution in [0.15, 0.2) is 10.5 Å². The fourth-order valence-corrected chi connectivity index (χ4v) is 2.57. The van der Waals surface area contributed by atoms with Gasteiger partial charge in [-0.15, -0.1) is 0 Å². The number of aliphatic hydroxyl groups is 1. The molecule has 0 heterocycles. The zero-order valence-corrected chi connectivity index (χ0v) is 11.4. The molecule has 0 aromatic heterocycles. The van der Waals surface area contributed by atoms with Gasteiger partial charge in [-0.1, -0.05) is 6.92 Å². The minimum atomic E-state index is 0.109. The number of methoxy groups -OCH3 is 2. The quantitative estimate of drug-likeness (QED) is 0.905. The summed E-state index contributed by atoms with van der Waals surface area (Å²) >= 11 is 3.48. The Labute approximate surface area is 105 Å². The van der Waals surface area contributed by atoms with Crippen LogP contribution in [0.5, 0.6) is 11.5 Å². The molecular weight excluding hydrogens is 272 g/mol. The maximum absolute atomic E-state index is 9.02. The molecule has 0 atom stereocenters. The Bertz CT molecular complexity index is 364. The monoisotopic (exact) mass is 288 g/mol. The third-order valence-electron chi connectivity index (χ3n) is 2.50. The summed E-state index contributed by atoms with van der Waals surface area (Å²) in [6, 6.07) is 2.03. The van der Waals surface area contributed by atoms with Crippen LogP contribution in [0.1, 0.15) is 18.1 Å². The first-order valence-electron chi connectivity index (χ1n) is 5.22. The van der Waals surface area contributed by atoms with Gasteiger partial charge in [-0.2, -0.15) is 0 Å². The molecule has 0 radical (unpaired) electrons. The third kappa shape index (κ3) is 2.50. The van der Waals surface area contributed by atoms with Gasteiger partial charge in [0.2, 0.25) is 0 Å². The maximum atomic E-state index is 9.02. The lowest BCUT2D eigenvalue weighted by Crippen LogP contribution is -2.01. The van der Waals surface area contributed by atoms with Gasteiger partial charge in [-0.3, -0.25) is 0 Å². The molecule has 0 saturated carbocycles. The highest BCUT2D eigenvalue weighted by Gasteiger charge is 2.16. The molecule has 1 N–H and O–H groups in total. The summed E-state index contributed by atoms with van der Waals surface area (Å²) in [5.41, 5.74) is 2.10. The van der Waals surface area contributed by atoms with E-state index in [0.717, 1.165) is 33.5 Å². The van der Waals surface area contributed by atoms with Crippen molar-refractivity contribution in [1.82, 2.24) is 0 Å². The van der Waals surface area contributed by atoms with E-state index in [1.807, 2.05) is 6.07 Å². The number of benzene rings is 1. The second-order valence-corrected chi connectivity index (χ2v) is 4.20. The van der Waals surface area contributed by atoms with Crippen molar-refractivity contribution in [1.29, 1.82) is 0 Å². The number of rotatable bonds is 5. The van der Waals surface area contributed by atoms with E-state index in [2.05, 4.69) is 22.9 Å². The zero-order valence-electron chi connectivity index (χ0n) is 9.84. The predicted octanol–water partition coefficient (Wildman–Crippen LogP) is 2.56. The highest BCUT2D eigenvalue weighted by atomic mass is 79.9. The lowest BCUT2D eigenvalue weighted by Gasteiger charge is -2.16. The maximum Gasteiger partial charge on any atom is 0.140 e. The molecule has 0 aliphatic heterocycles. The fourth-order valence-electron chi connectivity index (χ4n) is 1.74. The average molecular weight is 289 g/mol. The normalized spacial score (nSPS) is 10.3. The number of halogens is 1. The molecule has 0 fully saturated rings. The van der Waals surface area contributed by atoms with Crippen LogP contribution >= 0.6 is 15.9 Å². The molecule has 0 bridgehead atoms. The Kier molecular flexibility index (Phi) is 5.09. The van der Waals surface area contributed by atoms with Crippen LogP contribution in [-0.2, 0) is 12.8 Å². The number of aryl methyl sites for hydroxylation is 1. The summed E-state index contributed by atoms with van der Waals surface area (Å²) in [5.74, 6) is 1.55. The molecule has 1 aromatic carbocycles. The van der Waals surface area contributed by atoms with Gasteiger partial charge < -0.3 is 14.6 Å². The Morgan fingerprint density at radius 3 is 2.19 bits per heavy atom. The molecule has 4 heteroatoms. The van der Waals surface area contributed by atoms with Crippen molar-refractivity contribution in [3.63, 3.8) is 0 Å². The molecule has 0 spiro atoms. The van der Waals surface area contributed by atoms with E-state index >= 15 is 0 Å². The van der Waals surface area contributed by atoms with E-state index in [1.165, 1.54) is 0 Å². The molecule has 3 nitrogen and oxygen atoms in total. The summed E-state index contributed by atoms with van der Waals surface area (Å²) in [7, 11) is 3.26. The Hall–Kier alpha value is -0.740. The van der Waals surface area contributed by atoms with Crippen molar-refractivity contribution >= 4 is 15.9 Å². The molecule has 1 aromatic rings. The van der Waals surface area contributed by atoms with Gasteiger partial charge in [0.15, 0.2) is 0 Å². The highest BCUT2D eigenvalue weighted by Crippen LogP contribution is 2.40. The first kappa shape index (κ1) is 13.3. The largest absolute Gasteiger partial charge is 0.495 e. The van der Waals surface area contributed by atoms with Gasteiger partial charge in [0.05, 0.1) is 14.2 Å². The third-order valence-corrected chi connectivity index (χ3v) is 3.22. The van der Waals surface area contributed by atoms with Crippen LogP contribution in [0.3, 0.4) is 0 Å². The van der Waals surface area contributed by atoms with Gasteiger partial charge in [0, 0.05) is 6.61 Å². The van der Waals surface area contributed by atoms with Gasteiger partial charge >= 0.3 is 0 Å². The van der Waals surface area contributed by atoms with E-state index in [-0.39, 0.29) is 6.61 Å². The molecule has 0 unspecified atom stereocenters. The Balaban J connectivity index is 3.35. The first-order chi connectivity index (χ1) is 7.69. The van der Waals surface area contributed by atoms with Crippen molar-refractivity contribution in [2.75, 3.05) is 20.8 Å². The predicted molar refractivity (Wildman–Crippen MR) is 67.4 cm³/mol. The van der Waals surface area contributed by atoms with E-state index in [1.54, 1.807) is 14.2 Å². The number of ether oxygens (including phenoxy) is 2. The molecule has 1 rings (SSSR count). The van der Waals surface area contributed by atoms with E-state index in [4.69, 9.17) is 14.6 Å². The average Bonchev–Trinajstić information content (AvgIpc) is 2.29. The summed E-state index contributed by atoms with van der Waals surface area (Å²) < 4.78 is 11.5. The lowest BCUT2D eigenvalue weighted by molar-refractivity contribution is 0.296. The minimum absolute atomic E-state index is 0.109. The number of hydrogen-bond acceptors (Lipinski definition) is 3. The van der Waals surface area contributed by atoms with Crippen LogP contribution in [0, 0.1) is 0 Å². The first-order valence-corrected chi connectivity index (χ1v) is 6.01. The SMILES string of the molecule is CCc1cc(CCO)c(OC)c(Br)c1OC. The van der Waals surface area contributed by atoms with Crippen LogP contribution in [0.25, 0.3) is 0 Å². The van der Waals surface area contributed by atoms with Gasteiger partial charge in [-0.05, 0) is 46.0 Å². The van der Waals surface area contributed by atoms with Crippen LogP contribution in [-0.4, -0.2) is 25.9 Å². The minimum Gasteiger partial charge on any atom is -0.495 e. The van der Waals surface area contributed by atoms with E-state index in [9.17, 15) is 0 Å². The lowest BCUT2D eigenvalue weighted by atomic mass is 10.0. The topological polar surface area (TPSA) is 38.7 Å². The molecule has 0 amide bonds. The molecule has 90 valence electrons. The summed E-state index contributed by atoms with van der Waals surface area (Å²) in [5, 5.41) is 9.02. The van der Waals surface area contributed by atoms with E-state index in [0.29, 0.717) is 6.42 Å². The summed E-state index contributed by atoms with van der Waals surface area (Å²) in [6.45, 7) is 2.18. The van der Waals surface area contributed by atoms with Crippen molar-refractivity contribution < 1.29 is 14.6 Å². The number of hydrogen-bond donors (Lipinski definition) is 1. The van der Waals surface area contributed by atoms with Crippen molar-refractivity contribution in [2.45, 2.75) is 19.8 Å². The molecule has 16 heavy (non-hydrogen) atoms. The zero-order chi connectivity index (χ0) is 12.1. The molecule has 0 aliphatic rings. The van der Waals surface area contributed by atoms with Crippen molar-refractivity contribution in [2.24, 2.45) is 0 Å². The molecule has 0 aliphatic carbocycles. The molecule has 0 saturated heterocycles. The Morgan fingerprint density at radius 2 is 1.75 bits per heavy atom. The van der Waals surface area contributed by atoms with Crippen molar-refractivity contribution in [3.05, 3.63) is 21.7 Å². The van der Waals surface area contributed by atoms with E-state index < -0.39 is 0 Å². The van der Waals surface area contributed by atoms with Gasteiger partial charge in [-0.25, -0.2) is 0 Å². The fraction of sp³-hybridized carbons (Fsp3) is 0.500. The van der Waals surface area contributed by atoms with Gasteiger partial charge in [0.25, 0.3) is 0 Å². The highest BCUT2D eigenvalue weighted by molar-refractivity contribution is 9.10. The second kappa shape index (κ2) is 6.11. The van der Waals surface area contributed by atoms with Crippen LogP contribution in [0.2, 0.25) is 0 Å². The molecular formula is C12H17BrO3. The van der Waals surface area contributed by atoms with Crippen molar-refractivity contribution in [3.8, 4) is 11.5 Å². The van der Waals surface area contributed by atoms with Gasteiger partial charge in [0.1, 0.15) is 16.0 Å². The standard InChI is InChI=1S/C12H17BrO3/c1-4-8-7-9(5-6-14)12(16-3)10(13)11(8)15-2/h7,14H,4-6H2,1-3H3. The van der Waals surface area contributed by atoms with Crippen LogP contribution in [0.4, 0.5) is 0 Å². The summed E-state index contributed by atoms with van der Waals surface area (Å²) in [4.78, 5) is 0. The Morgan fingerprint density at radius 1 is 1.19 bits per heavy atom. The van der Waals surface area contributed by atoms with Crippen LogP contribution < -0.4 is 9.47 Å².